The molecule has 1 fully saturated rings. The standard InChI is InChI=1S/C9H13NO4/c1-2-9(13)14-6-5-10-7(11)3-4-8(10)12/h2,7,11H,1,3-6H2. The van der Waals surface area contributed by atoms with Crippen LogP contribution in [0.5, 0.6) is 0 Å². The summed E-state index contributed by atoms with van der Waals surface area (Å²) in [6.07, 6.45) is 1.14. The highest BCUT2D eigenvalue weighted by Crippen LogP contribution is 2.15. The second-order valence-electron chi connectivity index (χ2n) is 2.98. The molecule has 0 aromatic heterocycles. The number of nitrogens with zero attached hydrogens (tertiary/aromatic N) is 1. The molecule has 1 aliphatic heterocycles. The van der Waals surface area contributed by atoms with Crippen LogP contribution in [-0.2, 0) is 14.3 Å². The van der Waals surface area contributed by atoms with Gasteiger partial charge in [-0.05, 0) is 0 Å². The van der Waals surface area contributed by atoms with E-state index in [0.717, 1.165) is 6.08 Å². The van der Waals surface area contributed by atoms with Gasteiger partial charge in [0, 0.05) is 18.9 Å². The molecule has 1 heterocycles. The zero-order chi connectivity index (χ0) is 10.6. The number of carbonyl (C=O) groups excluding carboxylic acids is 2. The number of esters is 1. The lowest BCUT2D eigenvalue weighted by Gasteiger charge is -2.19. The molecular formula is C9H13NO4. The number of aliphatic hydroxyl groups excluding tert-OH is 1. The second kappa shape index (κ2) is 4.76. The van der Waals surface area contributed by atoms with E-state index in [2.05, 4.69) is 11.3 Å². The molecule has 78 valence electrons. The number of aliphatic hydroxyl groups is 1. The van der Waals surface area contributed by atoms with Gasteiger partial charge >= 0.3 is 5.97 Å². The van der Waals surface area contributed by atoms with Crippen molar-refractivity contribution in [3.63, 3.8) is 0 Å². The van der Waals surface area contributed by atoms with E-state index in [4.69, 9.17) is 0 Å². The van der Waals surface area contributed by atoms with Crippen molar-refractivity contribution in [2.75, 3.05) is 13.2 Å². The van der Waals surface area contributed by atoms with Gasteiger partial charge in [-0.3, -0.25) is 4.79 Å². The summed E-state index contributed by atoms with van der Waals surface area (Å²) in [5, 5.41) is 9.33. The molecule has 14 heavy (non-hydrogen) atoms. The molecule has 5 nitrogen and oxygen atoms in total. The highest BCUT2D eigenvalue weighted by Gasteiger charge is 2.28. The Kier molecular flexibility index (Phi) is 3.64. The number of likely N-dealkylation sites (tertiary alicyclic amines) is 1. The SMILES string of the molecule is C=CC(=O)OCCN1C(=O)CCC1O. The molecule has 1 amide bonds. The van der Waals surface area contributed by atoms with Crippen LogP contribution in [0.1, 0.15) is 12.8 Å². The fourth-order valence-corrected chi connectivity index (χ4v) is 1.30. The minimum atomic E-state index is -0.732. The van der Waals surface area contributed by atoms with Crippen LogP contribution in [0, 0.1) is 0 Å². The van der Waals surface area contributed by atoms with Gasteiger partial charge in [-0.15, -0.1) is 0 Å². The van der Waals surface area contributed by atoms with Gasteiger partial charge in [0.15, 0.2) is 0 Å². The van der Waals surface area contributed by atoms with Crippen LogP contribution in [0.3, 0.4) is 0 Å². The summed E-state index contributed by atoms with van der Waals surface area (Å²) in [7, 11) is 0. The van der Waals surface area contributed by atoms with Crippen molar-refractivity contribution in [2.24, 2.45) is 0 Å². The van der Waals surface area contributed by atoms with Crippen LogP contribution in [0.4, 0.5) is 0 Å². The van der Waals surface area contributed by atoms with Crippen LogP contribution < -0.4 is 0 Å². The van der Waals surface area contributed by atoms with Crippen molar-refractivity contribution in [3.8, 4) is 0 Å². The van der Waals surface area contributed by atoms with Crippen LogP contribution in [0.15, 0.2) is 12.7 Å². The van der Waals surface area contributed by atoms with E-state index in [1.807, 2.05) is 0 Å². The third-order valence-corrected chi connectivity index (χ3v) is 2.04. The average Bonchev–Trinajstić information content (AvgIpc) is 2.48. The van der Waals surface area contributed by atoms with E-state index in [1.54, 1.807) is 0 Å². The van der Waals surface area contributed by atoms with Crippen molar-refractivity contribution in [1.29, 1.82) is 0 Å². The molecule has 0 spiro atoms. The lowest BCUT2D eigenvalue weighted by Crippen LogP contribution is -2.35. The first kappa shape index (κ1) is 10.7. The summed E-state index contributed by atoms with van der Waals surface area (Å²) in [5.74, 6) is -0.627. The quantitative estimate of drug-likeness (QED) is 0.496. The minimum absolute atomic E-state index is 0.0909. The molecule has 0 aliphatic carbocycles. The highest BCUT2D eigenvalue weighted by molar-refractivity contribution is 5.81. The predicted molar refractivity (Wildman–Crippen MR) is 48.1 cm³/mol. The molecule has 1 atom stereocenters. The number of ether oxygens (including phenoxy) is 1. The molecule has 0 aromatic carbocycles. The third kappa shape index (κ3) is 2.56. The zero-order valence-corrected chi connectivity index (χ0v) is 7.81. The fraction of sp³-hybridized carbons (Fsp3) is 0.556. The molecule has 0 radical (unpaired) electrons. The van der Waals surface area contributed by atoms with E-state index in [9.17, 15) is 14.7 Å². The number of amides is 1. The first-order chi connectivity index (χ1) is 6.65. The summed E-state index contributed by atoms with van der Waals surface area (Å²) < 4.78 is 4.69. The van der Waals surface area contributed by atoms with Crippen molar-refractivity contribution in [2.45, 2.75) is 19.1 Å². The fourth-order valence-electron chi connectivity index (χ4n) is 1.30. The first-order valence-corrected chi connectivity index (χ1v) is 4.42. The summed E-state index contributed by atoms with van der Waals surface area (Å²) in [6, 6.07) is 0. The second-order valence-corrected chi connectivity index (χ2v) is 2.98. The summed E-state index contributed by atoms with van der Waals surface area (Å²) in [6.45, 7) is 3.56. The van der Waals surface area contributed by atoms with Crippen LogP contribution >= 0.6 is 0 Å². The third-order valence-electron chi connectivity index (χ3n) is 2.04. The number of carbonyl (C=O) groups is 2. The molecule has 1 N–H and O–H groups in total. The van der Waals surface area contributed by atoms with Crippen LogP contribution in [0.25, 0.3) is 0 Å². The molecule has 1 saturated heterocycles. The Hall–Kier alpha value is -1.36. The van der Waals surface area contributed by atoms with E-state index in [0.29, 0.717) is 12.8 Å². The lowest BCUT2D eigenvalue weighted by molar-refractivity contribution is -0.142. The maximum atomic E-state index is 11.1. The molecule has 0 aromatic rings. The zero-order valence-electron chi connectivity index (χ0n) is 7.81. The minimum Gasteiger partial charge on any atom is -0.461 e. The van der Waals surface area contributed by atoms with E-state index in [1.165, 1.54) is 4.90 Å². The summed E-state index contributed by atoms with van der Waals surface area (Å²) >= 11 is 0. The Labute approximate surface area is 82.0 Å². The smallest absolute Gasteiger partial charge is 0.330 e. The highest BCUT2D eigenvalue weighted by atomic mass is 16.5. The Morgan fingerprint density at radius 1 is 1.79 bits per heavy atom. The van der Waals surface area contributed by atoms with Crippen LogP contribution in [0.2, 0.25) is 0 Å². The maximum absolute atomic E-state index is 11.1. The molecule has 1 rings (SSSR count). The van der Waals surface area contributed by atoms with Crippen LogP contribution in [-0.4, -0.2) is 41.3 Å². The van der Waals surface area contributed by atoms with Gasteiger partial charge in [0.05, 0.1) is 6.54 Å². The maximum Gasteiger partial charge on any atom is 0.330 e. The molecular weight excluding hydrogens is 186 g/mol. The predicted octanol–water partition coefficient (Wildman–Crippen LogP) is -0.344. The molecule has 5 heteroatoms. The molecule has 1 unspecified atom stereocenters. The number of rotatable bonds is 4. The van der Waals surface area contributed by atoms with Gasteiger partial charge in [-0.2, -0.15) is 0 Å². The normalized spacial score (nSPS) is 21.1. The number of hydrogen-bond donors (Lipinski definition) is 1. The monoisotopic (exact) mass is 199 g/mol. The Morgan fingerprint density at radius 3 is 3.00 bits per heavy atom. The summed E-state index contributed by atoms with van der Waals surface area (Å²) in [5.41, 5.74) is 0. The molecule has 1 aliphatic rings. The van der Waals surface area contributed by atoms with Gasteiger partial charge in [-0.25, -0.2) is 4.79 Å². The van der Waals surface area contributed by atoms with Gasteiger partial charge in [0.2, 0.25) is 5.91 Å². The largest absolute Gasteiger partial charge is 0.461 e. The van der Waals surface area contributed by atoms with E-state index >= 15 is 0 Å². The Morgan fingerprint density at radius 2 is 2.50 bits per heavy atom. The summed E-state index contributed by atoms with van der Waals surface area (Å²) in [4.78, 5) is 23.1. The van der Waals surface area contributed by atoms with Gasteiger partial charge in [0.25, 0.3) is 0 Å². The van der Waals surface area contributed by atoms with E-state index < -0.39 is 12.2 Å². The molecule has 0 bridgehead atoms. The Balaban J connectivity index is 2.27. The average molecular weight is 199 g/mol. The van der Waals surface area contributed by atoms with E-state index in [-0.39, 0.29) is 19.1 Å². The van der Waals surface area contributed by atoms with Gasteiger partial charge in [0.1, 0.15) is 12.8 Å². The van der Waals surface area contributed by atoms with Crippen molar-refractivity contribution in [3.05, 3.63) is 12.7 Å². The first-order valence-electron chi connectivity index (χ1n) is 4.42. The number of hydrogen-bond acceptors (Lipinski definition) is 4. The van der Waals surface area contributed by atoms with Crippen molar-refractivity contribution < 1.29 is 19.4 Å². The molecule has 0 saturated carbocycles. The Bertz CT molecular complexity index is 251. The van der Waals surface area contributed by atoms with Gasteiger partial charge in [-0.1, -0.05) is 6.58 Å². The van der Waals surface area contributed by atoms with Crippen molar-refractivity contribution >= 4 is 11.9 Å². The topological polar surface area (TPSA) is 66.8 Å². The lowest BCUT2D eigenvalue weighted by atomic mass is 10.4. The van der Waals surface area contributed by atoms with Crippen molar-refractivity contribution in [1.82, 2.24) is 4.90 Å². The van der Waals surface area contributed by atoms with Gasteiger partial charge < -0.3 is 14.7 Å².